The Morgan fingerprint density at radius 1 is 1.28 bits per heavy atom. The van der Waals surface area contributed by atoms with Crippen LogP contribution < -0.4 is 4.74 Å². The average Bonchev–Trinajstić information content (AvgIpc) is 3.02. The van der Waals surface area contributed by atoms with Gasteiger partial charge in [0.25, 0.3) is 0 Å². The van der Waals surface area contributed by atoms with Crippen LogP contribution in [0.1, 0.15) is 37.6 Å². The second-order valence-corrected chi connectivity index (χ2v) is 7.25. The van der Waals surface area contributed by atoms with Crippen LogP contribution in [0.2, 0.25) is 0 Å². The minimum absolute atomic E-state index is 0.374. The van der Waals surface area contributed by atoms with E-state index < -0.39 is 11.6 Å². The van der Waals surface area contributed by atoms with Crippen LogP contribution in [-0.2, 0) is 4.74 Å². The van der Waals surface area contributed by atoms with Gasteiger partial charge in [0.05, 0.1) is 6.20 Å². The average molecular weight is 403 g/mol. The van der Waals surface area contributed by atoms with Crippen LogP contribution in [0.15, 0.2) is 47.2 Å². The van der Waals surface area contributed by atoms with Crippen molar-refractivity contribution in [3.8, 4) is 11.5 Å². The van der Waals surface area contributed by atoms with Crippen molar-refractivity contribution in [3.05, 3.63) is 52.8 Å². The van der Waals surface area contributed by atoms with E-state index in [-0.39, 0.29) is 0 Å². The number of esters is 1. The lowest BCUT2D eigenvalue weighted by Gasteiger charge is -2.24. The summed E-state index contributed by atoms with van der Waals surface area (Å²) >= 11 is 3.41. The molecule has 3 aromatic rings. The highest BCUT2D eigenvalue weighted by atomic mass is 79.9. The topological polar surface area (TPSA) is 64.2 Å². The number of carbonyl (C=O) groups excluding carboxylic acids is 1. The summed E-state index contributed by atoms with van der Waals surface area (Å²) < 4.78 is 12.3. The Hall–Kier alpha value is -2.34. The predicted octanol–water partition coefficient (Wildman–Crippen LogP) is 5.46. The van der Waals surface area contributed by atoms with Crippen molar-refractivity contribution in [3.63, 3.8) is 0 Å². The zero-order chi connectivity index (χ0) is 18.0. The third kappa shape index (κ3) is 4.02. The number of hydrogen-bond acceptors (Lipinski definition) is 4. The molecular formula is C19H19BrN2O3. The fourth-order valence-electron chi connectivity index (χ4n) is 2.23. The van der Waals surface area contributed by atoms with Crippen molar-refractivity contribution in [2.24, 2.45) is 0 Å². The van der Waals surface area contributed by atoms with Gasteiger partial charge < -0.3 is 14.5 Å². The first kappa shape index (κ1) is 17.5. The number of aromatic amines is 1. The maximum Gasteiger partial charge on any atom is 0.342 e. The number of aromatic nitrogens is 2. The van der Waals surface area contributed by atoms with Crippen molar-refractivity contribution >= 4 is 32.9 Å². The second kappa shape index (κ2) is 6.88. The zero-order valence-corrected chi connectivity index (χ0v) is 15.9. The molecule has 3 rings (SSSR count). The SMILES string of the molecule is CCC(C)(C)OC(=O)c1ccc(Br)cc1Oc1cnc2[nH]ccc2c1. The largest absolute Gasteiger partial charge is 0.456 e. The van der Waals surface area contributed by atoms with Gasteiger partial charge in [0.2, 0.25) is 0 Å². The molecule has 0 saturated heterocycles. The first-order chi connectivity index (χ1) is 11.9. The first-order valence-electron chi connectivity index (χ1n) is 8.02. The summed E-state index contributed by atoms with van der Waals surface area (Å²) in [5, 5.41) is 0.934. The highest BCUT2D eigenvalue weighted by molar-refractivity contribution is 9.10. The summed E-state index contributed by atoms with van der Waals surface area (Å²) in [4.78, 5) is 19.9. The Morgan fingerprint density at radius 3 is 2.84 bits per heavy atom. The van der Waals surface area contributed by atoms with E-state index in [9.17, 15) is 4.79 Å². The number of fused-ring (bicyclic) bond motifs is 1. The van der Waals surface area contributed by atoms with Crippen molar-refractivity contribution in [1.29, 1.82) is 0 Å². The quantitative estimate of drug-likeness (QED) is 0.575. The van der Waals surface area contributed by atoms with E-state index in [0.717, 1.165) is 21.9 Å². The molecular weight excluding hydrogens is 384 g/mol. The van der Waals surface area contributed by atoms with Gasteiger partial charge in [-0.15, -0.1) is 0 Å². The minimum atomic E-state index is -0.535. The summed E-state index contributed by atoms with van der Waals surface area (Å²) in [6.45, 7) is 5.74. The van der Waals surface area contributed by atoms with E-state index in [4.69, 9.17) is 9.47 Å². The molecule has 2 heterocycles. The minimum Gasteiger partial charge on any atom is -0.456 e. The molecule has 0 bridgehead atoms. The lowest BCUT2D eigenvalue weighted by Crippen LogP contribution is -2.27. The molecule has 5 nitrogen and oxygen atoms in total. The summed E-state index contributed by atoms with van der Waals surface area (Å²) in [5.41, 5.74) is 0.623. The summed E-state index contributed by atoms with van der Waals surface area (Å²) in [7, 11) is 0. The van der Waals surface area contributed by atoms with Gasteiger partial charge in [0.1, 0.15) is 28.3 Å². The number of halogens is 1. The molecule has 1 aromatic carbocycles. The fourth-order valence-corrected chi connectivity index (χ4v) is 2.57. The van der Waals surface area contributed by atoms with Crippen LogP contribution >= 0.6 is 15.9 Å². The van der Waals surface area contributed by atoms with Gasteiger partial charge in [-0.1, -0.05) is 22.9 Å². The van der Waals surface area contributed by atoms with Gasteiger partial charge >= 0.3 is 5.97 Å². The Morgan fingerprint density at radius 2 is 2.08 bits per heavy atom. The Bertz CT molecular complexity index is 918. The van der Waals surface area contributed by atoms with E-state index >= 15 is 0 Å². The van der Waals surface area contributed by atoms with Crippen LogP contribution in [0, 0.1) is 0 Å². The van der Waals surface area contributed by atoms with E-state index in [1.54, 1.807) is 24.4 Å². The summed E-state index contributed by atoms with van der Waals surface area (Å²) in [5.74, 6) is 0.557. The third-order valence-corrected chi connectivity index (χ3v) is 4.48. The Balaban J connectivity index is 1.92. The van der Waals surface area contributed by atoms with E-state index in [2.05, 4.69) is 25.9 Å². The standard InChI is InChI=1S/C19H19BrN2O3/c1-4-19(2,3)25-18(23)15-6-5-13(20)10-16(15)24-14-9-12-7-8-21-17(12)22-11-14/h5-11H,4H2,1-3H3,(H,21,22). The molecule has 130 valence electrons. The van der Waals surface area contributed by atoms with Crippen molar-refractivity contribution < 1.29 is 14.3 Å². The molecule has 6 heteroatoms. The predicted molar refractivity (Wildman–Crippen MR) is 100 cm³/mol. The number of nitrogens with zero attached hydrogens (tertiary/aromatic N) is 1. The van der Waals surface area contributed by atoms with Crippen LogP contribution in [0.25, 0.3) is 11.0 Å². The van der Waals surface area contributed by atoms with Gasteiger partial charge in [-0.05, 0) is 50.6 Å². The van der Waals surface area contributed by atoms with Gasteiger partial charge in [-0.3, -0.25) is 0 Å². The number of ether oxygens (including phenoxy) is 2. The summed E-state index contributed by atoms with van der Waals surface area (Å²) in [6.07, 6.45) is 4.15. The highest BCUT2D eigenvalue weighted by Gasteiger charge is 2.24. The van der Waals surface area contributed by atoms with Crippen LogP contribution in [0.3, 0.4) is 0 Å². The molecule has 0 fully saturated rings. The van der Waals surface area contributed by atoms with Gasteiger partial charge in [-0.2, -0.15) is 0 Å². The molecule has 0 radical (unpaired) electrons. The molecule has 2 aromatic heterocycles. The molecule has 0 aliphatic carbocycles. The monoisotopic (exact) mass is 402 g/mol. The van der Waals surface area contributed by atoms with Crippen LogP contribution in [-0.4, -0.2) is 21.5 Å². The number of nitrogens with one attached hydrogen (secondary N) is 1. The number of benzene rings is 1. The number of H-pyrrole nitrogens is 1. The molecule has 0 atom stereocenters. The smallest absolute Gasteiger partial charge is 0.342 e. The maximum absolute atomic E-state index is 12.6. The number of carbonyl (C=O) groups is 1. The Labute approximate surface area is 154 Å². The van der Waals surface area contributed by atoms with E-state index in [1.165, 1.54) is 0 Å². The van der Waals surface area contributed by atoms with E-state index in [1.807, 2.05) is 39.1 Å². The van der Waals surface area contributed by atoms with Crippen molar-refractivity contribution in [2.45, 2.75) is 32.8 Å². The molecule has 0 aliphatic rings. The van der Waals surface area contributed by atoms with Crippen molar-refractivity contribution in [1.82, 2.24) is 9.97 Å². The van der Waals surface area contributed by atoms with Crippen molar-refractivity contribution in [2.75, 3.05) is 0 Å². The zero-order valence-electron chi connectivity index (χ0n) is 14.3. The lowest BCUT2D eigenvalue weighted by molar-refractivity contribution is -0.00265. The molecule has 0 spiro atoms. The lowest BCUT2D eigenvalue weighted by atomic mass is 10.1. The number of pyridine rings is 1. The first-order valence-corrected chi connectivity index (χ1v) is 8.81. The van der Waals surface area contributed by atoms with Crippen LogP contribution in [0.5, 0.6) is 11.5 Å². The van der Waals surface area contributed by atoms with E-state index in [0.29, 0.717) is 17.1 Å². The number of hydrogen-bond donors (Lipinski definition) is 1. The maximum atomic E-state index is 12.6. The third-order valence-electron chi connectivity index (χ3n) is 3.99. The molecule has 0 aliphatic heterocycles. The second-order valence-electron chi connectivity index (χ2n) is 6.33. The molecule has 1 N–H and O–H groups in total. The Kier molecular flexibility index (Phi) is 4.81. The van der Waals surface area contributed by atoms with Gasteiger partial charge in [-0.25, -0.2) is 9.78 Å². The normalized spacial score (nSPS) is 11.5. The van der Waals surface area contributed by atoms with Gasteiger partial charge in [0, 0.05) is 16.1 Å². The van der Waals surface area contributed by atoms with Crippen LogP contribution in [0.4, 0.5) is 0 Å². The highest BCUT2D eigenvalue weighted by Crippen LogP contribution is 2.31. The fraction of sp³-hybridized carbons (Fsp3) is 0.263. The molecule has 0 unspecified atom stereocenters. The number of rotatable bonds is 5. The van der Waals surface area contributed by atoms with Gasteiger partial charge in [0.15, 0.2) is 0 Å². The molecule has 25 heavy (non-hydrogen) atoms. The molecule has 0 saturated carbocycles. The summed E-state index contributed by atoms with van der Waals surface area (Å²) in [6, 6.07) is 9.00. The molecule has 0 amide bonds.